The lowest BCUT2D eigenvalue weighted by Gasteiger charge is -2.10. The maximum atomic E-state index is 9.64. The van der Waals surface area contributed by atoms with Crippen LogP contribution < -0.4 is 10.1 Å². The highest BCUT2D eigenvalue weighted by Crippen LogP contribution is 2.24. The Balaban J connectivity index is 1.65. The SMILES string of the molecule is CC(C)n1cnc2c(NCCOc3ccccc3O)ncnc21. The Kier molecular flexibility index (Phi) is 4.27. The van der Waals surface area contributed by atoms with Crippen LogP contribution in [0.4, 0.5) is 5.82 Å². The normalized spacial score (nSPS) is 11.1. The van der Waals surface area contributed by atoms with Gasteiger partial charge in [-0.3, -0.25) is 0 Å². The summed E-state index contributed by atoms with van der Waals surface area (Å²) in [5.41, 5.74) is 1.54. The van der Waals surface area contributed by atoms with Crippen molar-refractivity contribution in [3.63, 3.8) is 0 Å². The third kappa shape index (κ3) is 3.18. The van der Waals surface area contributed by atoms with Gasteiger partial charge in [0.1, 0.15) is 18.5 Å². The molecule has 120 valence electrons. The molecule has 0 spiro atoms. The number of hydrogen-bond acceptors (Lipinski definition) is 6. The molecule has 2 aromatic heterocycles. The number of rotatable bonds is 6. The van der Waals surface area contributed by atoms with E-state index in [2.05, 4.69) is 34.1 Å². The van der Waals surface area contributed by atoms with Crippen molar-refractivity contribution in [3.8, 4) is 11.5 Å². The molecule has 0 amide bonds. The van der Waals surface area contributed by atoms with Crippen molar-refractivity contribution in [2.24, 2.45) is 0 Å². The van der Waals surface area contributed by atoms with Crippen molar-refractivity contribution in [3.05, 3.63) is 36.9 Å². The van der Waals surface area contributed by atoms with E-state index in [1.165, 1.54) is 6.33 Å². The van der Waals surface area contributed by atoms with Gasteiger partial charge < -0.3 is 19.7 Å². The molecule has 0 aliphatic carbocycles. The molecule has 0 unspecified atom stereocenters. The summed E-state index contributed by atoms with van der Waals surface area (Å²) < 4.78 is 7.53. The number of aromatic nitrogens is 4. The van der Waals surface area contributed by atoms with Crippen LogP contribution in [0.2, 0.25) is 0 Å². The summed E-state index contributed by atoms with van der Waals surface area (Å²) in [6.45, 7) is 5.09. The zero-order valence-corrected chi connectivity index (χ0v) is 13.1. The van der Waals surface area contributed by atoms with E-state index in [-0.39, 0.29) is 11.8 Å². The summed E-state index contributed by atoms with van der Waals surface area (Å²) in [6, 6.07) is 7.17. The number of para-hydroxylation sites is 2. The van der Waals surface area contributed by atoms with Gasteiger partial charge in [0.15, 0.2) is 23.0 Å². The molecule has 7 nitrogen and oxygen atoms in total. The zero-order valence-electron chi connectivity index (χ0n) is 13.1. The Morgan fingerprint density at radius 2 is 2.04 bits per heavy atom. The molecular weight excluding hydrogens is 294 g/mol. The topological polar surface area (TPSA) is 85.1 Å². The Hall–Kier alpha value is -2.83. The lowest BCUT2D eigenvalue weighted by molar-refractivity contribution is 0.312. The second-order valence-electron chi connectivity index (χ2n) is 5.38. The van der Waals surface area contributed by atoms with E-state index < -0.39 is 0 Å². The van der Waals surface area contributed by atoms with Crippen molar-refractivity contribution < 1.29 is 9.84 Å². The molecule has 0 saturated carbocycles. The number of imidazole rings is 1. The van der Waals surface area contributed by atoms with E-state index in [0.717, 1.165) is 11.2 Å². The maximum Gasteiger partial charge on any atom is 0.165 e. The third-order valence-electron chi connectivity index (χ3n) is 3.43. The molecule has 0 atom stereocenters. The summed E-state index contributed by atoms with van der Waals surface area (Å²) >= 11 is 0. The Morgan fingerprint density at radius 3 is 2.83 bits per heavy atom. The lowest BCUT2D eigenvalue weighted by Crippen LogP contribution is -2.13. The fourth-order valence-corrected chi connectivity index (χ4v) is 2.27. The minimum atomic E-state index is 0.132. The highest BCUT2D eigenvalue weighted by molar-refractivity contribution is 5.82. The van der Waals surface area contributed by atoms with Crippen molar-refractivity contribution >= 4 is 17.0 Å². The molecule has 0 bridgehead atoms. The van der Waals surface area contributed by atoms with E-state index in [1.54, 1.807) is 24.5 Å². The number of phenolic OH excluding ortho intramolecular Hbond substituents is 1. The van der Waals surface area contributed by atoms with E-state index in [9.17, 15) is 5.11 Å². The summed E-state index contributed by atoms with van der Waals surface area (Å²) in [4.78, 5) is 12.9. The number of aromatic hydroxyl groups is 1. The molecule has 0 aliphatic rings. The number of nitrogens with zero attached hydrogens (tertiary/aromatic N) is 4. The predicted octanol–water partition coefficient (Wildman–Crippen LogP) is 2.60. The highest BCUT2D eigenvalue weighted by Gasteiger charge is 2.11. The molecule has 23 heavy (non-hydrogen) atoms. The number of phenols is 1. The molecule has 2 N–H and O–H groups in total. The molecule has 1 aromatic carbocycles. The average Bonchev–Trinajstić information content (AvgIpc) is 2.98. The molecule has 0 fully saturated rings. The maximum absolute atomic E-state index is 9.64. The first-order valence-corrected chi connectivity index (χ1v) is 7.49. The van der Waals surface area contributed by atoms with Gasteiger partial charge in [-0.25, -0.2) is 15.0 Å². The molecule has 0 saturated heterocycles. The van der Waals surface area contributed by atoms with Crippen LogP contribution in [0.5, 0.6) is 11.5 Å². The summed E-state index contributed by atoms with van der Waals surface area (Å²) in [5.74, 6) is 1.27. The fourth-order valence-electron chi connectivity index (χ4n) is 2.27. The van der Waals surface area contributed by atoms with E-state index >= 15 is 0 Å². The van der Waals surface area contributed by atoms with Gasteiger partial charge in [-0.2, -0.15) is 0 Å². The number of ether oxygens (including phenoxy) is 1. The number of fused-ring (bicyclic) bond motifs is 1. The molecule has 3 aromatic rings. The molecule has 0 radical (unpaired) electrons. The van der Waals surface area contributed by atoms with Crippen molar-refractivity contribution in [2.75, 3.05) is 18.5 Å². The Bertz CT molecular complexity index is 800. The van der Waals surface area contributed by atoms with Crippen LogP contribution in [0.3, 0.4) is 0 Å². The largest absolute Gasteiger partial charge is 0.504 e. The van der Waals surface area contributed by atoms with Crippen LogP contribution in [0, 0.1) is 0 Å². The van der Waals surface area contributed by atoms with Crippen molar-refractivity contribution in [1.82, 2.24) is 19.5 Å². The van der Waals surface area contributed by atoms with E-state index in [4.69, 9.17) is 4.74 Å². The van der Waals surface area contributed by atoms with Gasteiger partial charge in [0, 0.05) is 6.04 Å². The number of nitrogens with one attached hydrogen (secondary N) is 1. The van der Waals surface area contributed by atoms with Crippen LogP contribution in [0.25, 0.3) is 11.2 Å². The minimum absolute atomic E-state index is 0.132. The first kappa shape index (κ1) is 15.1. The lowest BCUT2D eigenvalue weighted by atomic mass is 10.3. The predicted molar refractivity (Wildman–Crippen MR) is 87.8 cm³/mol. The first-order valence-electron chi connectivity index (χ1n) is 7.49. The highest BCUT2D eigenvalue weighted by atomic mass is 16.5. The monoisotopic (exact) mass is 313 g/mol. The first-order chi connectivity index (χ1) is 11.2. The molecule has 2 heterocycles. The van der Waals surface area contributed by atoms with Crippen LogP contribution in [0.1, 0.15) is 19.9 Å². The Morgan fingerprint density at radius 1 is 1.22 bits per heavy atom. The van der Waals surface area contributed by atoms with E-state index in [1.807, 2.05) is 10.6 Å². The van der Waals surface area contributed by atoms with Crippen LogP contribution in [0.15, 0.2) is 36.9 Å². The standard InChI is InChI=1S/C16H19N5O2/c1-11(2)21-10-20-14-15(18-9-19-16(14)21)17-7-8-23-13-6-4-3-5-12(13)22/h3-6,9-11,22H,7-8H2,1-2H3,(H,17,18,19). The average molecular weight is 313 g/mol. The molecular formula is C16H19N5O2. The third-order valence-corrected chi connectivity index (χ3v) is 3.43. The molecule has 7 heteroatoms. The second kappa shape index (κ2) is 6.51. The number of benzene rings is 1. The molecule has 0 aliphatic heterocycles. The quantitative estimate of drug-likeness (QED) is 0.680. The van der Waals surface area contributed by atoms with Crippen LogP contribution >= 0.6 is 0 Å². The summed E-state index contributed by atoms with van der Waals surface area (Å²) in [7, 11) is 0. The Labute approximate surface area is 134 Å². The second-order valence-corrected chi connectivity index (χ2v) is 5.38. The number of hydrogen-bond donors (Lipinski definition) is 2. The van der Waals surface area contributed by atoms with Crippen molar-refractivity contribution in [2.45, 2.75) is 19.9 Å². The van der Waals surface area contributed by atoms with Gasteiger partial charge >= 0.3 is 0 Å². The smallest absolute Gasteiger partial charge is 0.165 e. The van der Waals surface area contributed by atoms with Gasteiger partial charge in [-0.05, 0) is 26.0 Å². The van der Waals surface area contributed by atoms with Gasteiger partial charge in [-0.1, -0.05) is 12.1 Å². The number of anilines is 1. The van der Waals surface area contributed by atoms with Gasteiger partial charge in [0.2, 0.25) is 0 Å². The van der Waals surface area contributed by atoms with Gasteiger partial charge in [-0.15, -0.1) is 0 Å². The fraction of sp³-hybridized carbons (Fsp3) is 0.312. The van der Waals surface area contributed by atoms with E-state index in [0.29, 0.717) is 24.7 Å². The van der Waals surface area contributed by atoms with Gasteiger partial charge in [0.25, 0.3) is 0 Å². The van der Waals surface area contributed by atoms with Crippen LogP contribution in [-0.4, -0.2) is 37.8 Å². The van der Waals surface area contributed by atoms with Crippen LogP contribution in [-0.2, 0) is 0 Å². The van der Waals surface area contributed by atoms with Crippen molar-refractivity contribution in [1.29, 1.82) is 0 Å². The summed E-state index contributed by atoms with van der Waals surface area (Å²) in [5, 5.41) is 12.8. The van der Waals surface area contributed by atoms with Gasteiger partial charge in [0.05, 0.1) is 12.9 Å². The minimum Gasteiger partial charge on any atom is -0.504 e. The zero-order chi connectivity index (χ0) is 16.2. The molecule has 3 rings (SSSR count). The summed E-state index contributed by atoms with van der Waals surface area (Å²) in [6.07, 6.45) is 3.29.